The van der Waals surface area contributed by atoms with Gasteiger partial charge in [-0.15, -0.1) is 0 Å². The Morgan fingerprint density at radius 1 is 0.625 bits per heavy atom. The summed E-state index contributed by atoms with van der Waals surface area (Å²) in [5.74, 6) is 0.785. The Morgan fingerprint density at radius 2 is 1.04 bits per heavy atom. The normalized spacial score (nSPS) is 10.9. The first-order chi connectivity index (χ1) is 11.8. The molecule has 24 heavy (non-hydrogen) atoms. The van der Waals surface area contributed by atoms with Gasteiger partial charge in [-0.2, -0.15) is 0 Å². The molecule has 0 aliphatic heterocycles. The first-order valence-electron chi connectivity index (χ1n) is 8.11. The monoisotopic (exact) mass is 343 g/mol. The standard InChI is InChI=1S/C17H29NO6/c1-19-6-7-20-8-9-21-10-11-22-12-13-23-14-15-24-17-4-2-16(18)3-5-17/h2-5H,6-15,18H2,1H3. The van der Waals surface area contributed by atoms with Gasteiger partial charge in [0.25, 0.3) is 0 Å². The van der Waals surface area contributed by atoms with E-state index in [4.69, 9.17) is 34.2 Å². The number of hydrogen-bond donors (Lipinski definition) is 1. The van der Waals surface area contributed by atoms with Gasteiger partial charge in [-0.1, -0.05) is 0 Å². The lowest BCUT2D eigenvalue weighted by Gasteiger charge is -2.08. The molecule has 0 unspecified atom stereocenters. The smallest absolute Gasteiger partial charge is 0.119 e. The van der Waals surface area contributed by atoms with Crippen LogP contribution in [0.15, 0.2) is 24.3 Å². The molecule has 7 nitrogen and oxygen atoms in total. The third-order valence-electron chi connectivity index (χ3n) is 2.92. The molecule has 7 heteroatoms. The highest BCUT2D eigenvalue weighted by atomic mass is 16.6. The maximum Gasteiger partial charge on any atom is 0.119 e. The number of nitrogens with two attached hydrogens (primary N) is 1. The van der Waals surface area contributed by atoms with Crippen LogP contribution in [0.2, 0.25) is 0 Å². The Balaban J connectivity index is 1.75. The highest BCUT2D eigenvalue weighted by Gasteiger charge is 1.95. The Bertz CT molecular complexity index is 387. The number of methoxy groups -OCH3 is 1. The fraction of sp³-hybridized carbons (Fsp3) is 0.647. The Labute approximate surface area is 143 Å². The molecule has 0 radical (unpaired) electrons. The first kappa shape index (κ1) is 20.7. The summed E-state index contributed by atoms with van der Waals surface area (Å²) in [6.07, 6.45) is 0. The van der Waals surface area contributed by atoms with Crippen LogP contribution in [0.5, 0.6) is 5.75 Å². The molecule has 0 spiro atoms. The van der Waals surface area contributed by atoms with Crippen LogP contribution < -0.4 is 10.5 Å². The molecule has 0 bridgehead atoms. The van der Waals surface area contributed by atoms with E-state index in [2.05, 4.69) is 0 Å². The van der Waals surface area contributed by atoms with Crippen LogP contribution in [0.4, 0.5) is 5.69 Å². The number of ether oxygens (including phenoxy) is 6. The molecule has 0 heterocycles. The second kappa shape index (κ2) is 15.2. The lowest BCUT2D eigenvalue weighted by atomic mass is 10.3. The van der Waals surface area contributed by atoms with Crippen molar-refractivity contribution in [3.8, 4) is 5.75 Å². The van der Waals surface area contributed by atoms with Crippen molar-refractivity contribution in [1.29, 1.82) is 0 Å². The van der Waals surface area contributed by atoms with E-state index in [-0.39, 0.29) is 0 Å². The zero-order valence-electron chi connectivity index (χ0n) is 14.4. The molecule has 0 saturated heterocycles. The third-order valence-corrected chi connectivity index (χ3v) is 2.92. The van der Waals surface area contributed by atoms with Crippen molar-refractivity contribution in [2.24, 2.45) is 0 Å². The van der Waals surface area contributed by atoms with E-state index in [1.807, 2.05) is 12.1 Å². The molecule has 1 rings (SSSR count). The number of anilines is 1. The largest absolute Gasteiger partial charge is 0.491 e. The maximum atomic E-state index is 5.60. The number of nitrogen functional groups attached to an aromatic ring is 1. The summed E-state index contributed by atoms with van der Waals surface area (Å²) < 4.78 is 31.8. The van der Waals surface area contributed by atoms with Crippen molar-refractivity contribution in [3.05, 3.63) is 24.3 Å². The van der Waals surface area contributed by atoms with E-state index < -0.39 is 0 Å². The van der Waals surface area contributed by atoms with E-state index in [1.54, 1.807) is 19.2 Å². The van der Waals surface area contributed by atoms with Gasteiger partial charge in [0.05, 0.1) is 59.5 Å². The lowest BCUT2D eigenvalue weighted by molar-refractivity contribution is -0.00978. The zero-order valence-corrected chi connectivity index (χ0v) is 14.4. The van der Waals surface area contributed by atoms with Gasteiger partial charge in [-0.25, -0.2) is 0 Å². The van der Waals surface area contributed by atoms with Gasteiger partial charge in [-0.05, 0) is 24.3 Å². The quantitative estimate of drug-likeness (QED) is 0.358. The van der Waals surface area contributed by atoms with E-state index in [9.17, 15) is 0 Å². The van der Waals surface area contributed by atoms with Crippen LogP contribution in [0, 0.1) is 0 Å². The predicted octanol–water partition coefficient (Wildman–Crippen LogP) is 1.36. The average Bonchev–Trinajstić information content (AvgIpc) is 2.60. The van der Waals surface area contributed by atoms with Gasteiger partial charge >= 0.3 is 0 Å². The maximum absolute atomic E-state index is 5.60. The summed E-state index contributed by atoms with van der Waals surface area (Å²) in [6, 6.07) is 7.28. The molecule has 0 atom stereocenters. The average molecular weight is 343 g/mol. The fourth-order valence-electron chi connectivity index (χ4n) is 1.69. The van der Waals surface area contributed by atoms with Gasteiger partial charge < -0.3 is 34.2 Å². The summed E-state index contributed by atoms with van der Waals surface area (Å²) >= 11 is 0. The third kappa shape index (κ3) is 12.1. The summed E-state index contributed by atoms with van der Waals surface area (Å²) in [6.45, 7) is 5.51. The molecule has 0 aliphatic carbocycles. The highest BCUT2D eigenvalue weighted by Crippen LogP contribution is 2.12. The van der Waals surface area contributed by atoms with E-state index in [1.165, 1.54) is 0 Å². The van der Waals surface area contributed by atoms with Crippen LogP contribution in [0.3, 0.4) is 0 Å². The minimum absolute atomic E-state index is 0.496. The van der Waals surface area contributed by atoms with Gasteiger partial charge in [0, 0.05) is 12.8 Å². The minimum atomic E-state index is 0.496. The highest BCUT2D eigenvalue weighted by molar-refractivity contribution is 5.41. The molecule has 138 valence electrons. The molecule has 1 aromatic rings. The van der Waals surface area contributed by atoms with Gasteiger partial charge in [0.2, 0.25) is 0 Å². The van der Waals surface area contributed by atoms with Crippen LogP contribution >= 0.6 is 0 Å². The van der Waals surface area contributed by atoms with Crippen molar-refractivity contribution in [3.63, 3.8) is 0 Å². The molecule has 2 N–H and O–H groups in total. The van der Waals surface area contributed by atoms with Crippen molar-refractivity contribution in [2.75, 3.05) is 78.9 Å². The SMILES string of the molecule is COCCOCCOCCOCCOCCOc1ccc(N)cc1. The second-order valence-corrected chi connectivity index (χ2v) is 4.86. The minimum Gasteiger partial charge on any atom is -0.491 e. The molecule has 1 aromatic carbocycles. The second-order valence-electron chi connectivity index (χ2n) is 4.86. The number of hydrogen-bond acceptors (Lipinski definition) is 7. The molecular weight excluding hydrogens is 314 g/mol. The molecule has 0 amide bonds. The predicted molar refractivity (Wildman–Crippen MR) is 91.5 cm³/mol. The molecule has 0 fully saturated rings. The number of benzene rings is 1. The zero-order chi connectivity index (χ0) is 17.3. The van der Waals surface area contributed by atoms with Crippen molar-refractivity contribution < 1.29 is 28.4 Å². The van der Waals surface area contributed by atoms with E-state index in [0.29, 0.717) is 66.1 Å². The van der Waals surface area contributed by atoms with Crippen molar-refractivity contribution in [1.82, 2.24) is 0 Å². The topological polar surface area (TPSA) is 81.4 Å². The van der Waals surface area contributed by atoms with Gasteiger partial charge in [0.15, 0.2) is 0 Å². The van der Waals surface area contributed by atoms with Gasteiger partial charge in [-0.3, -0.25) is 0 Å². The van der Waals surface area contributed by atoms with E-state index >= 15 is 0 Å². The van der Waals surface area contributed by atoms with E-state index in [0.717, 1.165) is 11.4 Å². The van der Waals surface area contributed by atoms with Crippen LogP contribution in [0.25, 0.3) is 0 Å². The Kier molecular flexibility index (Phi) is 13.1. The fourth-order valence-corrected chi connectivity index (χ4v) is 1.69. The van der Waals surface area contributed by atoms with Crippen LogP contribution in [-0.4, -0.2) is 73.2 Å². The van der Waals surface area contributed by atoms with Gasteiger partial charge in [0.1, 0.15) is 12.4 Å². The van der Waals surface area contributed by atoms with Crippen LogP contribution in [0.1, 0.15) is 0 Å². The number of rotatable bonds is 16. The summed E-state index contributed by atoms with van der Waals surface area (Å²) in [4.78, 5) is 0. The van der Waals surface area contributed by atoms with Crippen LogP contribution in [-0.2, 0) is 23.7 Å². The lowest BCUT2D eigenvalue weighted by Crippen LogP contribution is -2.14. The Morgan fingerprint density at radius 3 is 1.50 bits per heavy atom. The molecule has 0 aromatic heterocycles. The summed E-state index contributed by atoms with van der Waals surface area (Å²) in [5.41, 5.74) is 6.32. The summed E-state index contributed by atoms with van der Waals surface area (Å²) in [5, 5.41) is 0. The molecular formula is C17H29NO6. The molecule has 0 aliphatic rings. The van der Waals surface area contributed by atoms with Crippen molar-refractivity contribution >= 4 is 5.69 Å². The molecule has 0 saturated carbocycles. The van der Waals surface area contributed by atoms with Crippen molar-refractivity contribution in [2.45, 2.75) is 0 Å². The first-order valence-corrected chi connectivity index (χ1v) is 8.11. The summed E-state index contributed by atoms with van der Waals surface area (Å²) in [7, 11) is 1.65. The Hall–Kier alpha value is -1.38.